The molecule has 0 fully saturated rings. The lowest BCUT2D eigenvalue weighted by Crippen LogP contribution is -2.14. The Balaban J connectivity index is 2.36. The minimum Gasteiger partial charge on any atom is -0.279 e. The lowest BCUT2D eigenvalue weighted by molar-refractivity contribution is -0.387. The lowest BCUT2D eigenvalue weighted by atomic mass is 10.3. The van der Waals surface area contributed by atoms with E-state index in [0.717, 1.165) is 12.1 Å². The van der Waals surface area contributed by atoms with Crippen LogP contribution in [0.25, 0.3) is 0 Å². The van der Waals surface area contributed by atoms with Crippen molar-refractivity contribution in [2.75, 3.05) is 4.72 Å². The highest BCUT2D eigenvalue weighted by Gasteiger charge is 2.20. The monoisotopic (exact) mass is 331 g/mol. The van der Waals surface area contributed by atoms with Crippen molar-refractivity contribution in [3.63, 3.8) is 0 Å². The van der Waals surface area contributed by atoms with Gasteiger partial charge in [0.25, 0.3) is 10.0 Å². The maximum absolute atomic E-state index is 13.4. The summed E-state index contributed by atoms with van der Waals surface area (Å²) in [5.41, 5.74) is -0.921. The van der Waals surface area contributed by atoms with Crippen molar-refractivity contribution >= 4 is 33.0 Å². The van der Waals surface area contributed by atoms with Crippen LogP contribution in [-0.4, -0.2) is 18.3 Å². The summed E-state index contributed by atoms with van der Waals surface area (Å²) in [7, 11) is -4.07. The first-order valence-corrected chi connectivity index (χ1v) is 7.24. The Labute approximate surface area is 123 Å². The van der Waals surface area contributed by atoms with E-state index < -0.39 is 26.5 Å². The van der Waals surface area contributed by atoms with Crippen molar-refractivity contribution < 1.29 is 17.7 Å². The number of rotatable bonds is 4. The molecule has 0 spiro atoms. The second-order valence-corrected chi connectivity index (χ2v) is 5.83. The van der Waals surface area contributed by atoms with Gasteiger partial charge in [-0.1, -0.05) is 11.6 Å². The standard InChI is InChI=1S/C11H7ClFN3O4S/c12-11-10(2-1-5-14-11)21(19,20)15-7-3-4-9(16(17)18)8(13)6-7/h1-6,15H. The third-order valence-corrected chi connectivity index (χ3v) is 4.24. The van der Waals surface area contributed by atoms with E-state index in [1.165, 1.54) is 18.3 Å². The van der Waals surface area contributed by atoms with E-state index in [-0.39, 0.29) is 15.7 Å². The number of sulfonamides is 1. The number of nitrogens with zero attached hydrogens (tertiary/aromatic N) is 2. The molecule has 0 aliphatic heterocycles. The SMILES string of the molecule is O=[N+]([O-])c1ccc(NS(=O)(=O)c2cccnc2Cl)cc1F. The molecule has 0 atom stereocenters. The van der Waals surface area contributed by atoms with E-state index in [0.29, 0.717) is 6.07 Å². The molecule has 0 bridgehead atoms. The first-order chi connectivity index (χ1) is 9.81. The summed E-state index contributed by atoms with van der Waals surface area (Å²) >= 11 is 5.68. The third kappa shape index (κ3) is 3.26. The Morgan fingerprint density at radius 3 is 2.62 bits per heavy atom. The Morgan fingerprint density at radius 2 is 2.05 bits per heavy atom. The van der Waals surface area contributed by atoms with Gasteiger partial charge in [-0.05, 0) is 18.2 Å². The molecule has 110 valence electrons. The second-order valence-electron chi connectivity index (χ2n) is 3.82. The van der Waals surface area contributed by atoms with Crippen LogP contribution in [0.1, 0.15) is 0 Å². The van der Waals surface area contributed by atoms with E-state index in [1.54, 1.807) is 0 Å². The van der Waals surface area contributed by atoms with Gasteiger partial charge >= 0.3 is 5.69 Å². The largest absolute Gasteiger partial charge is 0.304 e. The average molecular weight is 332 g/mol. The summed E-state index contributed by atoms with van der Waals surface area (Å²) in [6, 6.07) is 5.23. The molecule has 0 saturated carbocycles. The van der Waals surface area contributed by atoms with Gasteiger partial charge in [0, 0.05) is 18.3 Å². The van der Waals surface area contributed by atoms with Crippen LogP contribution in [0.3, 0.4) is 0 Å². The van der Waals surface area contributed by atoms with Crippen molar-refractivity contribution in [2.24, 2.45) is 0 Å². The van der Waals surface area contributed by atoms with Gasteiger partial charge in [0.2, 0.25) is 5.82 Å². The molecule has 7 nitrogen and oxygen atoms in total. The molecule has 0 aliphatic carbocycles. The van der Waals surface area contributed by atoms with Gasteiger partial charge in [-0.2, -0.15) is 4.39 Å². The Kier molecular flexibility index (Phi) is 4.05. The number of halogens is 2. The van der Waals surface area contributed by atoms with E-state index >= 15 is 0 Å². The first kappa shape index (κ1) is 15.1. The molecule has 2 aromatic rings. The molecule has 1 aromatic heterocycles. The number of nitro benzene ring substituents is 1. The van der Waals surface area contributed by atoms with Crippen molar-refractivity contribution in [2.45, 2.75) is 4.90 Å². The van der Waals surface area contributed by atoms with Crippen LogP contribution in [0.5, 0.6) is 0 Å². The van der Waals surface area contributed by atoms with Crippen LogP contribution >= 0.6 is 11.6 Å². The maximum Gasteiger partial charge on any atom is 0.304 e. The zero-order chi connectivity index (χ0) is 15.6. The number of pyridine rings is 1. The highest BCUT2D eigenvalue weighted by Crippen LogP contribution is 2.24. The van der Waals surface area contributed by atoms with E-state index in [1.807, 2.05) is 0 Å². The fourth-order valence-electron chi connectivity index (χ4n) is 1.50. The van der Waals surface area contributed by atoms with Gasteiger partial charge in [0.15, 0.2) is 0 Å². The molecule has 0 saturated heterocycles. The summed E-state index contributed by atoms with van der Waals surface area (Å²) in [5, 5.41) is 10.2. The summed E-state index contributed by atoms with van der Waals surface area (Å²) in [6.45, 7) is 0. The average Bonchev–Trinajstić information content (AvgIpc) is 2.38. The van der Waals surface area contributed by atoms with Crippen LogP contribution in [-0.2, 0) is 10.0 Å². The molecule has 2 rings (SSSR count). The predicted molar refractivity (Wildman–Crippen MR) is 73.1 cm³/mol. The molecule has 0 radical (unpaired) electrons. The summed E-state index contributed by atoms with van der Waals surface area (Å²) in [4.78, 5) is 12.9. The molecule has 1 aromatic carbocycles. The van der Waals surface area contributed by atoms with Crippen LogP contribution in [0.15, 0.2) is 41.4 Å². The quantitative estimate of drug-likeness (QED) is 0.527. The second kappa shape index (κ2) is 5.62. The number of benzene rings is 1. The van der Waals surface area contributed by atoms with Crippen LogP contribution < -0.4 is 4.72 Å². The predicted octanol–water partition coefficient (Wildman–Crippen LogP) is 2.58. The summed E-state index contributed by atoms with van der Waals surface area (Å²) in [5.74, 6) is -1.16. The number of aromatic nitrogens is 1. The van der Waals surface area contributed by atoms with Gasteiger partial charge in [-0.15, -0.1) is 0 Å². The molecular formula is C11H7ClFN3O4S. The van der Waals surface area contributed by atoms with Gasteiger partial charge in [-0.3, -0.25) is 14.8 Å². The molecule has 0 amide bonds. The molecular weight excluding hydrogens is 325 g/mol. The number of anilines is 1. The van der Waals surface area contributed by atoms with E-state index in [2.05, 4.69) is 9.71 Å². The van der Waals surface area contributed by atoms with Crippen molar-refractivity contribution in [1.29, 1.82) is 0 Å². The Hall–Kier alpha value is -2.26. The van der Waals surface area contributed by atoms with Crippen LogP contribution in [0, 0.1) is 15.9 Å². The van der Waals surface area contributed by atoms with Gasteiger partial charge in [0.1, 0.15) is 10.0 Å². The Bertz CT molecular complexity index is 813. The van der Waals surface area contributed by atoms with Crippen LogP contribution in [0.4, 0.5) is 15.8 Å². The summed E-state index contributed by atoms with van der Waals surface area (Å²) in [6.07, 6.45) is 1.31. The van der Waals surface area contributed by atoms with Crippen molar-refractivity contribution in [1.82, 2.24) is 4.98 Å². The van der Waals surface area contributed by atoms with Crippen molar-refractivity contribution in [3.05, 3.63) is 57.6 Å². The number of hydrogen-bond donors (Lipinski definition) is 1. The minimum atomic E-state index is -4.07. The lowest BCUT2D eigenvalue weighted by Gasteiger charge is -2.08. The maximum atomic E-state index is 13.4. The highest BCUT2D eigenvalue weighted by molar-refractivity contribution is 7.92. The van der Waals surface area contributed by atoms with Gasteiger partial charge in [0.05, 0.1) is 10.6 Å². The molecule has 21 heavy (non-hydrogen) atoms. The summed E-state index contributed by atoms with van der Waals surface area (Å²) < 4.78 is 39.6. The number of hydrogen-bond acceptors (Lipinski definition) is 5. The first-order valence-electron chi connectivity index (χ1n) is 5.38. The highest BCUT2D eigenvalue weighted by atomic mass is 35.5. The molecule has 10 heteroatoms. The van der Waals surface area contributed by atoms with Crippen LogP contribution in [0.2, 0.25) is 5.15 Å². The molecule has 1 N–H and O–H groups in total. The smallest absolute Gasteiger partial charge is 0.279 e. The van der Waals surface area contributed by atoms with E-state index in [9.17, 15) is 22.9 Å². The topological polar surface area (TPSA) is 102 Å². The molecule has 1 heterocycles. The fraction of sp³-hybridized carbons (Fsp3) is 0. The van der Waals surface area contributed by atoms with Gasteiger partial charge in [-0.25, -0.2) is 13.4 Å². The number of nitrogens with one attached hydrogen (secondary N) is 1. The zero-order valence-corrected chi connectivity index (χ0v) is 11.7. The normalized spacial score (nSPS) is 11.1. The Morgan fingerprint density at radius 1 is 1.33 bits per heavy atom. The molecule has 0 aliphatic rings. The molecule has 0 unspecified atom stereocenters. The van der Waals surface area contributed by atoms with Gasteiger partial charge < -0.3 is 0 Å². The minimum absolute atomic E-state index is 0.169. The van der Waals surface area contributed by atoms with Crippen molar-refractivity contribution in [3.8, 4) is 0 Å². The van der Waals surface area contributed by atoms with E-state index in [4.69, 9.17) is 11.6 Å². The number of nitro groups is 1. The fourth-order valence-corrected chi connectivity index (χ4v) is 3.00. The zero-order valence-electron chi connectivity index (χ0n) is 10.2. The third-order valence-electron chi connectivity index (χ3n) is 2.41.